The summed E-state index contributed by atoms with van der Waals surface area (Å²) in [7, 11) is 1.55. The standard InChI is InChI=1S/C12H13NO3/c1-16-7-6-13-11(14)8-9-4-2-3-5-10(9)12(13)15/h2-5H,6-8H2,1H3. The summed E-state index contributed by atoms with van der Waals surface area (Å²) in [4.78, 5) is 25.0. The van der Waals surface area contributed by atoms with Crippen LogP contribution < -0.4 is 0 Å². The van der Waals surface area contributed by atoms with E-state index in [1.807, 2.05) is 12.1 Å². The van der Waals surface area contributed by atoms with Crippen molar-refractivity contribution in [1.29, 1.82) is 0 Å². The third kappa shape index (κ3) is 1.84. The highest BCUT2D eigenvalue weighted by atomic mass is 16.5. The van der Waals surface area contributed by atoms with Gasteiger partial charge in [-0.3, -0.25) is 14.5 Å². The first-order valence-electron chi connectivity index (χ1n) is 5.15. The maximum atomic E-state index is 12.0. The fraction of sp³-hybridized carbons (Fsp3) is 0.333. The molecule has 0 spiro atoms. The van der Waals surface area contributed by atoms with Crippen molar-refractivity contribution in [2.45, 2.75) is 6.42 Å². The highest BCUT2D eigenvalue weighted by Crippen LogP contribution is 2.19. The third-order valence-corrected chi connectivity index (χ3v) is 2.65. The molecule has 0 radical (unpaired) electrons. The lowest BCUT2D eigenvalue weighted by Crippen LogP contribution is -2.43. The number of ether oxygens (including phenoxy) is 1. The average molecular weight is 219 g/mol. The molecule has 2 rings (SSSR count). The molecule has 0 aliphatic carbocycles. The highest BCUT2D eigenvalue weighted by Gasteiger charge is 2.29. The normalized spacial score (nSPS) is 15.2. The molecule has 0 bridgehead atoms. The van der Waals surface area contributed by atoms with E-state index in [4.69, 9.17) is 4.74 Å². The summed E-state index contributed by atoms with van der Waals surface area (Å²) in [6.45, 7) is 0.697. The van der Waals surface area contributed by atoms with Gasteiger partial charge < -0.3 is 4.74 Å². The van der Waals surface area contributed by atoms with Crippen LogP contribution in [0, 0.1) is 0 Å². The molecule has 4 nitrogen and oxygen atoms in total. The molecule has 0 saturated heterocycles. The van der Waals surface area contributed by atoms with Crippen LogP contribution in [-0.4, -0.2) is 37.0 Å². The van der Waals surface area contributed by atoms with E-state index in [9.17, 15) is 9.59 Å². The number of fused-ring (bicyclic) bond motifs is 1. The van der Waals surface area contributed by atoms with Crippen molar-refractivity contribution in [3.63, 3.8) is 0 Å². The zero-order valence-electron chi connectivity index (χ0n) is 9.10. The number of carbonyl (C=O) groups is 2. The number of methoxy groups -OCH3 is 1. The molecule has 0 atom stereocenters. The Morgan fingerprint density at radius 1 is 1.31 bits per heavy atom. The van der Waals surface area contributed by atoms with Gasteiger partial charge in [-0.25, -0.2) is 0 Å². The zero-order chi connectivity index (χ0) is 11.5. The van der Waals surface area contributed by atoms with Gasteiger partial charge in [0.1, 0.15) is 0 Å². The summed E-state index contributed by atoms with van der Waals surface area (Å²) in [5.74, 6) is -0.371. The number of imide groups is 1. The molecule has 4 heteroatoms. The molecule has 1 aliphatic heterocycles. The molecule has 0 fully saturated rings. The van der Waals surface area contributed by atoms with Crippen molar-refractivity contribution in [1.82, 2.24) is 4.90 Å². The molecule has 0 aromatic heterocycles. The second kappa shape index (κ2) is 4.45. The van der Waals surface area contributed by atoms with E-state index >= 15 is 0 Å². The molecule has 1 heterocycles. The SMILES string of the molecule is COCCN1C(=O)Cc2ccccc2C1=O. The van der Waals surface area contributed by atoms with Gasteiger partial charge in [0.05, 0.1) is 19.6 Å². The predicted molar refractivity (Wildman–Crippen MR) is 58.1 cm³/mol. The Hall–Kier alpha value is -1.68. The first-order valence-corrected chi connectivity index (χ1v) is 5.15. The maximum Gasteiger partial charge on any atom is 0.260 e. The minimum Gasteiger partial charge on any atom is -0.383 e. The van der Waals surface area contributed by atoms with Crippen molar-refractivity contribution in [3.8, 4) is 0 Å². The van der Waals surface area contributed by atoms with Gasteiger partial charge in [0.25, 0.3) is 5.91 Å². The lowest BCUT2D eigenvalue weighted by Gasteiger charge is -2.26. The quantitative estimate of drug-likeness (QED) is 0.708. The van der Waals surface area contributed by atoms with Gasteiger partial charge in [-0.2, -0.15) is 0 Å². The predicted octanol–water partition coefficient (Wildman–Crippen LogP) is 0.858. The number of rotatable bonds is 3. The van der Waals surface area contributed by atoms with Crippen molar-refractivity contribution in [2.75, 3.05) is 20.3 Å². The first kappa shape index (κ1) is 10.8. The molecule has 84 valence electrons. The fourth-order valence-electron chi connectivity index (χ4n) is 1.81. The Morgan fingerprint density at radius 3 is 2.81 bits per heavy atom. The number of hydrogen-bond donors (Lipinski definition) is 0. The van der Waals surface area contributed by atoms with Crippen LogP contribution in [0.1, 0.15) is 15.9 Å². The monoisotopic (exact) mass is 219 g/mol. The molecule has 1 aliphatic rings. The Balaban J connectivity index is 2.27. The van der Waals surface area contributed by atoms with Crippen LogP contribution in [-0.2, 0) is 16.0 Å². The van der Waals surface area contributed by atoms with Gasteiger partial charge in [-0.15, -0.1) is 0 Å². The lowest BCUT2D eigenvalue weighted by atomic mass is 9.99. The van der Waals surface area contributed by atoms with Crippen LogP contribution >= 0.6 is 0 Å². The number of nitrogens with zero attached hydrogens (tertiary/aromatic N) is 1. The van der Waals surface area contributed by atoms with Gasteiger partial charge in [0.15, 0.2) is 0 Å². The van der Waals surface area contributed by atoms with Crippen LogP contribution in [0.25, 0.3) is 0 Å². The van der Waals surface area contributed by atoms with Crippen LogP contribution in [0.15, 0.2) is 24.3 Å². The van der Waals surface area contributed by atoms with Gasteiger partial charge in [0.2, 0.25) is 5.91 Å². The molecular weight excluding hydrogens is 206 g/mol. The smallest absolute Gasteiger partial charge is 0.260 e. The third-order valence-electron chi connectivity index (χ3n) is 2.65. The number of benzene rings is 1. The highest BCUT2D eigenvalue weighted by molar-refractivity contribution is 6.09. The summed E-state index contributed by atoms with van der Waals surface area (Å²) in [5.41, 5.74) is 1.43. The summed E-state index contributed by atoms with van der Waals surface area (Å²) < 4.78 is 4.88. The summed E-state index contributed by atoms with van der Waals surface area (Å²) in [6, 6.07) is 7.22. The number of amides is 2. The van der Waals surface area contributed by atoms with Gasteiger partial charge in [-0.05, 0) is 11.6 Å². The van der Waals surface area contributed by atoms with E-state index in [1.54, 1.807) is 19.2 Å². The molecule has 0 N–H and O–H groups in total. The summed E-state index contributed by atoms with van der Waals surface area (Å²) >= 11 is 0. The molecule has 0 unspecified atom stereocenters. The first-order chi connectivity index (χ1) is 7.74. The molecule has 0 saturated carbocycles. The minimum atomic E-state index is -0.219. The summed E-state index contributed by atoms with van der Waals surface area (Å²) in [6.07, 6.45) is 0.297. The van der Waals surface area contributed by atoms with Crippen molar-refractivity contribution < 1.29 is 14.3 Å². The lowest BCUT2D eigenvalue weighted by molar-refractivity contribution is -0.128. The maximum absolute atomic E-state index is 12.0. The van der Waals surface area contributed by atoms with Crippen LogP contribution in [0.3, 0.4) is 0 Å². The molecular formula is C12H13NO3. The van der Waals surface area contributed by atoms with E-state index in [2.05, 4.69) is 0 Å². The van der Waals surface area contributed by atoms with Crippen molar-refractivity contribution in [3.05, 3.63) is 35.4 Å². The van der Waals surface area contributed by atoms with Crippen LogP contribution in [0.2, 0.25) is 0 Å². The van der Waals surface area contributed by atoms with E-state index in [1.165, 1.54) is 4.90 Å². The van der Waals surface area contributed by atoms with E-state index in [0.717, 1.165) is 5.56 Å². The van der Waals surface area contributed by atoms with E-state index in [-0.39, 0.29) is 11.8 Å². The molecule has 1 aromatic rings. The largest absolute Gasteiger partial charge is 0.383 e. The van der Waals surface area contributed by atoms with Crippen LogP contribution in [0.4, 0.5) is 0 Å². The topological polar surface area (TPSA) is 46.6 Å². The van der Waals surface area contributed by atoms with Crippen LogP contribution in [0.5, 0.6) is 0 Å². The second-order valence-corrected chi connectivity index (χ2v) is 3.68. The second-order valence-electron chi connectivity index (χ2n) is 3.68. The molecule has 1 aromatic carbocycles. The zero-order valence-corrected chi connectivity index (χ0v) is 9.10. The Morgan fingerprint density at radius 2 is 2.06 bits per heavy atom. The van der Waals surface area contributed by atoms with Crippen molar-refractivity contribution >= 4 is 11.8 Å². The number of hydrogen-bond acceptors (Lipinski definition) is 3. The van der Waals surface area contributed by atoms with Gasteiger partial charge in [0, 0.05) is 12.7 Å². The Bertz CT molecular complexity index is 428. The average Bonchev–Trinajstić information content (AvgIpc) is 2.29. The molecule has 2 amide bonds. The van der Waals surface area contributed by atoms with E-state index < -0.39 is 0 Å². The molecule has 16 heavy (non-hydrogen) atoms. The van der Waals surface area contributed by atoms with Crippen molar-refractivity contribution in [2.24, 2.45) is 0 Å². The number of carbonyl (C=O) groups excluding carboxylic acids is 2. The van der Waals surface area contributed by atoms with Gasteiger partial charge in [-0.1, -0.05) is 18.2 Å². The Kier molecular flexibility index (Phi) is 3.01. The fourth-order valence-corrected chi connectivity index (χ4v) is 1.81. The Labute approximate surface area is 93.8 Å². The summed E-state index contributed by atoms with van der Waals surface area (Å²) in [5, 5.41) is 0. The van der Waals surface area contributed by atoms with E-state index in [0.29, 0.717) is 25.1 Å². The van der Waals surface area contributed by atoms with Gasteiger partial charge >= 0.3 is 0 Å². The minimum absolute atomic E-state index is 0.152.